The summed E-state index contributed by atoms with van der Waals surface area (Å²) in [5, 5.41) is 15.2. The van der Waals surface area contributed by atoms with Crippen LogP contribution in [0.5, 0.6) is 5.75 Å². The Labute approximate surface area is 178 Å². The number of nitrogens with one attached hydrogen (secondary N) is 1. The molecule has 0 aliphatic rings. The van der Waals surface area contributed by atoms with Gasteiger partial charge in [-0.1, -0.05) is 6.07 Å². The monoisotopic (exact) mass is 451 g/mol. The SMILES string of the molecule is COc1ccc(-c2cc(C(=O)NC[C@H](O)C(F)(F)F)c(=O)n(-c3cccc(F)c3)n2)cc1. The van der Waals surface area contributed by atoms with Crippen LogP contribution in [-0.2, 0) is 0 Å². The number of amides is 1. The zero-order valence-corrected chi connectivity index (χ0v) is 16.6. The molecule has 0 bridgehead atoms. The van der Waals surface area contributed by atoms with Gasteiger partial charge in [0.15, 0.2) is 6.10 Å². The minimum atomic E-state index is -4.94. The maximum atomic E-state index is 13.7. The molecule has 0 fully saturated rings. The molecule has 2 N–H and O–H groups in total. The van der Waals surface area contributed by atoms with Crippen LogP contribution in [0.4, 0.5) is 17.6 Å². The Morgan fingerprint density at radius 1 is 1.19 bits per heavy atom. The molecule has 0 aliphatic heterocycles. The van der Waals surface area contributed by atoms with Crippen molar-refractivity contribution in [1.82, 2.24) is 15.1 Å². The molecule has 3 aromatic rings. The number of alkyl halides is 3. The van der Waals surface area contributed by atoms with Crippen molar-refractivity contribution in [2.75, 3.05) is 13.7 Å². The van der Waals surface area contributed by atoms with E-state index in [-0.39, 0.29) is 11.4 Å². The molecule has 0 spiro atoms. The van der Waals surface area contributed by atoms with Gasteiger partial charge in [0.25, 0.3) is 11.5 Å². The van der Waals surface area contributed by atoms with Crippen LogP contribution in [0.3, 0.4) is 0 Å². The molecule has 1 aromatic heterocycles. The number of aliphatic hydroxyl groups is 1. The van der Waals surface area contributed by atoms with Gasteiger partial charge in [0, 0.05) is 5.56 Å². The first-order chi connectivity index (χ1) is 15.1. The number of nitrogens with zero attached hydrogens (tertiary/aromatic N) is 2. The van der Waals surface area contributed by atoms with Crippen LogP contribution in [0.2, 0.25) is 0 Å². The molecule has 11 heteroatoms. The van der Waals surface area contributed by atoms with Crippen molar-refractivity contribution >= 4 is 5.91 Å². The maximum Gasteiger partial charge on any atom is 0.416 e. The largest absolute Gasteiger partial charge is 0.497 e. The second-order valence-electron chi connectivity index (χ2n) is 6.64. The molecule has 0 saturated heterocycles. The van der Waals surface area contributed by atoms with Crippen molar-refractivity contribution in [3.05, 3.63) is 76.3 Å². The number of benzene rings is 2. The molecular weight excluding hydrogens is 434 g/mol. The molecule has 3 rings (SSSR count). The van der Waals surface area contributed by atoms with E-state index in [1.165, 1.54) is 19.2 Å². The molecule has 1 heterocycles. The fourth-order valence-electron chi connectivity index (χ4n) is 2.74. The van der Waals surface area contributed by atoms with Crippen molar-refractivity contribution in [1.29, 1.82) is 0 Å². The number of carbonyl (C=O) groups is 1. The Kier molecular flexibility index (Phi) is 6.58. The first kappa shape index (κ1) is 22.9. The van der Waals surface area contributed by atoms with Gasteiger partial charge in [-0.15, -0.1) is 0 Å². The minimum absolute atomic E-state index is 0.00902. The Morgan fingerprint density at radius 3 is 2.47 bits per heavy atom. The van der Waals surface area contributed by atoms with E-state index in [1.807, 2.05) is 5.32 Å². The van der Waals surface area contributed by atoms with Crippen LogP contribution in [0.15, 0.2) is 59.4 Å². The Hall–Kier alpha value is -3.73. The summed E-state index contributed by atoms with van der Waals surface area (Å²) in [6.07, 6.45) is -7.75. The van der Waals surface area contributed by atoms with Crippen LogP contribution < -0.4 is 15.6 Å². The van der Waals surface area contributed by atoms with Crippen molar-refractivity contribution in [2.24, 2.45) is 0 Å². The van der Waals surface area contributed by atoms with Gasteiger partial charge in [-0.25, -0.2) is 4.39 Å². The van der Waals surface area contributed by atoms with E-state index < -0.39 is 41.7 Å². The third-order valence-corrected chi connectivity index (χ3v) is 4.43. The summed E-state index contributed by atoms with van der Waals surface area (Å²) in [6.45, 7) is -1.15. The topological polar surface area (TPSA) is 93.5 Å². The molecule has 7 nitrogen and oxygen atoms in total. The minimum Gasteiger partial charge on any atom is -0.497 e. The summed E-state index contributed by atoms with van der Waals surface area (Å²) in [5.41, 5.74) is -0.926. The van der Waals surface area contributed by atoms with Crippen LogP contribution in [0.1, 0.15) is 10.4 Å². The smallest absolute Gasteiger partial charge is 0.416 e. The highest BCUT2D eigenvalue weighted by Gasteiger charge is 2.38. The number of halogens is 4. The van der Waals surface area contributed by atoms with Crippen LogP contribution in [0.25, 0.3) is 16.9 Å². The molecule has 32 heavy (non-hydrogen) atoms. The number of ether oxygens (including phenoxy) is 1. The van der Waals surface area contributed by atoms with E-state index in [0.29, 0.717) is 11.3 Å². The normalized spacial score (nSPS) is 12.3. The van der Waals surface area contributed by atoms with E-state index in [9.17, 15) is 27.2 Å². The van der Waals surface area contributed by atoms with E-state index in [2.05, 4.69) is 5.10 Å². The zero-order chi connectivity index (χ0) is 23.5. The van der Waals surface area contributed by atoms with Gasteiger partial charge in [0.05, 0.1) is 25.0 Å². The number of hydrogen-bond donors (Lipinski definition) is 2. The molecule has 2 aromatic carbocycles. The predicted octanol–water partition coefficient (Wildman–Crippen LogP) is 2.70. The van der Waals surface area contributed by atoms with Gasteiger partial charge in [-0.3, -0.25) is 9.59 Å². The number of aliphatic hydroxyl groups excluding tert-OH is 1. The van der Waals surface area contributed by atoms with Crippen LogP contribution in [-0.4, -0.2) is 46.7 Å². The highest BCUT2D eigenvalue weighted by Crippen LogP contribution is 2.22. The molecule has 0 unspecified atom stereocenters. The fourth-order valence-corrected chi connectivity index (χ4v) is 2.74. The average molecular weight is 451 g/mol. The molecule has 1 atom stereocenters. The number of hydrogen-bond acceptors (Lipinski definition) is 5. The van der Waals surface area contributed by atoms with E-state index in [0.717, 1.165) is 22.9 Å². The van der Waals surface area contributed by atoms with Gasteiger partial charge in [0.1, 0.15) is 17.1 Å². The predicted molar refractivity (Wildman–Crippen MR) is 106 cm³/mol. The van der Waals surface area contributed by atoms with E-state index in [1.54, 1.807) is 24.3 Å². The third-order valence-electron chi connectivity index (χ3n) is 4.43. The Morgan fingerprint density at radius 2 is 1.88 bits per heavy atom. The standard InChI is InChI=1S/C21H17F4N3O4/c1-32-15-7-5-12(6-8-15)17-10-16(19(30)26-11-18(29)21(23,24)25)20(31)28(27-17)14-4-2-3-13(22)9-14/h2-10,18,29H,11H2,1H3,(H,26,30)/t18-/m0/s1. The van der Waals surface area contributed by atoms with Crippen LogP contribution in [0, 0.1) is 5.82 Å². The van der Waals surface area contributed by atoms with Gasteiger partial charge in [-0.2, -0.15) is 23.0 Å². The lowest BCUT2D eigenvalue weighted by molar-refractivity contribution is -0.201. The van der Waals surface area contributed by atoms with Crippen molar-refractivity contribution < 1.29 is 32.2 Å². The average Bonchev–Trinajstić information content (AvgIpc) is 2.76. The molecule has 168 valence electrons. The summed E-state index contributed by atoms with van der Waals surface area (Å²) in [7, 11) is 1.47. The number of rotatable bonds is 6. The molecule has 0 saturated carbocycles. The van der Waals surface area contributed by atoms with Gasteiger partial charge in [0.2, 0.25) is 0 Å². The zero-order valence-electron chi connectivity index (χ0n) is 16.6. The van der Waals surface area contributed by atoms with Gasteiger partial charge >= 0.3 is 6.18 Å². The summed E-state index contributed by atoms with van der Waals surface area (Å²) >= 11 is 0. The number of carbonyl (C=O) groups excluding carboxylic acids is 1. The highest BCUT2D eigenvalue weighted by molar-refractivity contribution is 5.94. The highest BCUT2D eigenvalue weighted by atomic mass is 19.4. The molecular formula is C21H17F4N3O4. The quantitative estimate of drug-likeness (QED) is 0.563. The lowest BCUT2D eigenvalue weighted by Crippen LogP contribution is -2.42. The molecule has 0 radical (unpaired) electrons. The number of methoxy groups -OCH3 is 1. The van der Waals surface area contributed by atoms with Crippen molar-refractivity contribution in [2.45, 2.75) is 12.3 Å². The third kappa shape index (κ3) is 5.11. The number of aromatic nitrogens is 2. The first-order valence-corrected chi connectivity index (χ1v) is 9.18. The second-order valence-corrected chi connectivity index (χ2v) is 6.64. The lowest BCUT2D eigenvalue weighted by Gasteiger charge is -2.15. The fraction of sp³-hybridized carbons (Fsp3) is 0.190. The second kappa shape index (κ2) is 9.18. The van der Waals surface area contributed by atoms with Crippen LogP contribution >= 0.6 is 0 Å². The summed E-state index contributed by atoms with van der Waals surface area (Å²) < 4.78 is 57.1. The Bertz CT molecular complexity index is 1180. The lowest BCUT2D eigenvalue weighted by atomic mass is 10.1. The van der Waals surface area contributed by atoms with Gasteiger partial charge < -0.3 is 15.2 Å². The molecule has 1 amide bonds. The van der Waals surface area contributed by atoms with Crippen molar-refractivity contribution in [3.8, 4) is 22.7 Å². The van der Waals surface area contributed by atoms with Crippen molar-refractivity contribution in [3.63, 3.8) is 0 Å². The maximum absolute atomic E-state index is 13.7. The van der Waals surface area contributed by atoms with Gasteiger partial charge in [-0.05, 0) is 48.5 Å². The van der Waals surface area contributed by atoms with E-state index in [4.69, 9.17) is 9.84 Å². The first-order valence-electron chi connectivity index (χ1n) is 9.18. The molecule has 0 aliphatic carbocycles. The summed E-state index contributed by atoms with van der Waals surface area (Å²) in [6, 6.07) is 12.4. The summed E-state index contributed by atoms with van der Waals surface area (Å²) in [4.78, 5) is 25.4. The summed E-state index contributed by atoms with van der Waals surface area (Å²) in [5.74, 6) is -1.28. The Balaban J connectivity index is 2.07. The van der Waals surface area contributed by atoms with E-state index >= 15 is 0 Å².